The van der Waals surface area contributed by atoms with Gasteiger partial charge in [0.2, 0.25) is 5.95 Å². The fraction of sp³-hybridized carbons (Fsp3) is 0.353. The Morgan fingerprint density at radius 3 is 2.23 bits per heavy atom. The average Bonchev–Trinajstić information content (AvgIpc) is 2.46. The summed E-state index contributed by atoms with van der Waals surface area (Å²) in [5.74, 6) is 0.0109. The Bertz CT molecular complexity index is 657. The Labute approximate surface area is 131 Å². The molecular weight excluding hydrogens is 276 g/mol. The van der Waals surface area contributed by atoms with Gasteiger partial charge in [0.15, 0.2) is 0 Å². The number of hydrogen-bond donors (Lipinski definition) is 2. The van der Waals surface area contributed by atoms with E-state index in [1.165, 1.54) is 5.56 Å². The summed E-state index contributed by atoms with van der Waals surface area (Å²) in [6.45, 7) is 7.61. The van der Waals surface area contributed by atoms with Crippen LogP contribution in [0.3, 0.4) is 0 Å². The number of carbonyl (C=O) groups excluding carboxylic acids is 1. The molecule has 1 aromatic heterocycles. The molecular formula is C17H22N4O. The highest BCUT2D eigenvalue weighted by Gasteiger charge is 2.18. The van der Waals surface area contributed by atoms with Gasteiger partial charge in [-0.15, -0.1) is 0 Å². The van der Waals surface area contributed by atoms with Crippen molar-refractivity contribution in [2.45, 2.75) is 40.2 Å². The minimum absolute atomic E-state index is 0.0882. The van der Waals surface area contributed by atoms with Crippen LogP contribution in [-0.4, -0.2) is 15.9 Å². The molecule has 0 saturated carbocycles. The molecule has 1 aromatic carbocycles. The number of hydrogen-bond acceptors (Lipinski definition) is 4. The number of rotatable bonds is 4. The van der Waals surface area contributed by atoms with Gasteiger partial charge in [0.05, 0.1) is 23.0 Å². The van der Waals surface area contributed by atoms with Crippen molar-refractivity contribution >= 4 is 11.9 Å². The lowest BCUT2D eigenvalue weighted by atomic mass is 10.0. The van der Waals surface area contributed by atoms with Gasteiger partial charge in [-0.05, 0) is 38.3 Å². The first-order valence-corrected chi connectivity index (χ1v) is 7.42. The zero-order chi connectivity index (χ0) is 16.3. The SMILES string of the molecule is CCc1ccc([C@@H](C)NC(=O)c2c(C)nc(N)nc2C)cc1. The van der Waals surface area contributed by atoms with Crippen molar-refractivity contribution < 1.29 is 4.79 Å². The summed E-state index contributed by atoms with van der Waals surface area (Å²) in [5.41, 5.74) is 9.62. The molecule has 116 valence electrons. The summed E-state index contributed by atoms with van der Waals surface area (Å²) in [7, 11) is 0. The molecule has 0 fully saturated rings. The molecule has 22 heavy (non-hydrogen) atoms. The van der Waals surface area contributed by atoms with E-state index in [9.17, 15) is 4.79 Å². The number of carbonyl (C=O) groups is 1. The highest BCUT2D eigenvalue weighted by Crippen LogP contribution is 2.16. The minimum Gasteiger partial charge on any atom is -0.368 e. The van der Waals surface area contributed by atoms with Crippen LogP contribution >= 0.6 is 0 Å². The fourth-order valence-corrected chi connectivity index (χ4v) is 2.47. The summed E-state index contributed by atoms with van der Waals surface area (Å²) in [6, 6.07) is 8.17. The minimum atomic E-state index is -0.179. The molecule has 5 heteroatoms. The van der Waals surface area contributed by atoms with E-state index in [0.717, 1.165) is 12.0 Å². The van der Waals surface area contributed by atoms with Gasteiger partial charge in [-0.1, -0.05) is 31.2 Å². The standard InChI is InChI=1S/C17H22N4O/c1-5-13-6-8-14(9-7-13)10(2)19-16(22)15-11(3)20-17(18)21-12(15)4/h6-10H,5H2,1-4H3,(H,19,22)(H2,18,20,21)/t10-/m1/s1. The summed E-state index contributed by atoms with van der Waals surface area (Å²) in [4.78, 5) is 20.6. The molecule has 5 nitrogen and oxygen atoms in total. The third kappa shape index (κ3) is 3.42. The normalized spacial score (nSPS) is 12.0. The lowest BCUT2D eigenvalue weighted by molar-refractivity contribution is 0.0938. The number of aryl methyl sites for hydroxylation is 3. The molecule has 1 atom stereocenters. The van der Waals surface area contributed by atoms with E-state index >= 15 is 0 Å². The molecule has 0 unspecified atom stereocenters. The van der Waals surface area contributed by atoms with Gasteiger partial charge in [0.1, 0.15) is 0 Å². The van der Waals surface area contributed by atoms with Crippen molar-refractivity contribution in [1.82, 2.24) is 15.3 Å². The van der Waals surface area contributed by atoms with Crippen LogP contribution in [0.4, 0.5) is 5.95 Å². The topological polar surface area (TPSA) is 80.9 Å². The molecule has 0 aliphatic carbocycles. The predicted molar refractivity (Wildman–Crippen MR) is 87.6 cm³/mol. The quantitative estimate of drug-likeness (QED) is 0.909. The first-order chi connectivity index (χ1) is 10.4. The molecule has 0 spiro atoms. The Balaban J connectivity index is 2.17. The zero-order valence-corrected chi connectivity index (χ0v) is 13.5. The predicted octanol–water partition coefficient (Wildman–Crippen LogP) is 2.73. The number of amides is 1. The van der Waals surface area contributed by atoms with E-state index in [2.05, 4.69) is 34.3 Å². The van der Waals surface area contributed by atoms with Crippen molar-refractivity contribution in [3.8, 4) is 0 Å². The van der Waals surface area contributed by atoms with Crippen LogP contribution in [0.15, 0.2) is 24.3 Å². The number of nitrogens with one attached hydrogen (secondary N) is 1. The molecule has 0 radical (unpaired) electrons. The van der Waals surface area contributed by atoms with Gasteiger partial charge >= 0.3 is 0 Å². The number of nitrogen functional groups attached to an aromatic ring is 1. The van der Waals surface area contributed by atoms with E-state index in [1.54, 1.807) is 13.8 Å². The number of aromatic nitrogens is 2. The summed E-state index contributed by atoms with van der Waals surface area (Å²) < 4.78 is 0. The summed E-state index contributed by atoms with van der Waals surface area (Å²) in [6.07, 6.45) is 1.00. The van der Waals surface area contributed by atoms with Crippen LogP contribution < -0.4 is 11.1 Å². The largest absolute Gasteiger partial charge is 0.368 e. The van der Waals surface area contributed by atoms with Gasteiger partial charge in [0.25, 0.3) is 5.91 Å². The maximum absolute atomic E-state index is 12.5. The molecule has 0 aliphatic rings. The smallest absolute Gasteiger partial charge is 0.255 e. The maximum Gasteiger partial charge on any atom is 0.255 e. The van der Waals surface area contributed by atoms with Crippen LogP contribution in [0, 0.1) is 13.8 Å². The summed E-state index contributed by atoms with van der Waals surface area (Å²) in [5, 5.41) is 2.99. The van der Waals surface area contributed by atoms with E-state index in [4.69, 9.17) is 5.73 Å². The van der Waals surface area contributed by atoms with Crippen LogP contribution in [0.1, 0.15) is 52.8 Å². The Hall–Kier alpha value is -2.43. The second-order valence-electron chi connectivity index (χ2n) is 5.42. The van der Waals surface area contributed by atoms with E-state index in [-0.39, 0.29) is 17.9 Å². The third-order valence-electron chi connectivity index (χ3n) is 3.75. The summed E-state index contributed by atoms with van der Waals surface area (Å²) >= 11 is 0. The zero-order valence-electron chi connectivity index (χ0n) is 13.5. The Morgan fingerprint density at radius 1 is 1.18 bits per heavy atom. The van der Waals surface area contributed by atoms with Crippen LogP contribution in [-0.2, 0) is 6.42 Å². The van der Waals surface area contributed by atoms with Crippen LogP contribution in [0.25, 0.3) is 0 Å². The monoisotopic (exact) mass is 298 g/mol. The van der Waals surface area contributed by atoms with Crippen molar-refractivity contribution in [3.05, 3.63) is 52.3 Å². The highest BCUT2D eigenvalue weighted by molar-refractivity contribution is 5.96. The molecule has 0 bridgehead atoms. The fourth-order valence-electron chi connectivity index (χ4n) is 2.47. The average molecular weight is 298 g/mol. The number of anilines is 1. The van der Waals surface area contributed by atoms with Crippen molar-refractivity contribution in [3.63, 3.8) is 0 Å². The van der Waals surface area contributed by atoms with E-state index in [0.29, 0.717) is 17.0 Å². The second-order valence-corrected chi connectivity index (χ2v) is 5.42. The Morgan fingerprint density at radius 2 is 1.73 bits per heavy atom. The first-order valence-electron chi connectivity index (χ1n) is 7.42. The first kappa shape index (κ1) is 15.9. The van der Waals surface area contributed by atoms with Gasteiger partial charge in [-0.2, -0.15) is 0 Å². The van der Waals surface area contributed by atoms with Gasteiger partial charge < -0.3 is 11.1 Å². The molecule has 2 aromatic rings. The lowest BCUT2D eigenvalue weighted by Crippen LogP contribution is -2.28. The Kier molecular flexibility index (Phi) is 4.75. The third-order valence-corrected chi connectivity index (χ3v) is 3.75. The maximum atomic E-state index is 12.5. The molecule has 1 heterocycles. The number of nitrogens with two attached hydrogens (primary N) is 1. The molecule has 2 rings (SSSR count). The highest BCUT2D eigenvalue weighted by atomic mass is 16.1. The molecule has 3 N–H and O–H groups in total. The molecule has 0 aliphatic heterocycles. The van der Waals surface area contributed by atoms with Gasteiger partial charge in [-0.3, -0.25) is 4.79 Å². The van der Waals surface area contributed by atoms with Gasteiger partial charge in [0, 0.05) is 0 Å². The van der Waals surface area contributed by atoms with Crippen molar-refractivity contribution in [2.75, 3.05) is 5.73 Å². The van der Waals surface area contributed by atoms with Crippen molar-refractivity contribution in [1.29, 1.82) is 0 Å². The van der Waals surface area contributed by atoms with E-state index < -0.39 is 0 Å². The van der Waals surface area contributed by atoms with E-state index in [1.807, 2.05) is 19.1 Å². The number of nitrogens with zero attached hydrogens (tertiary/aromatic N) is 2. The van der Waals surface area contributed by atoms with Crippen LogP contribution in [0.5, 0.6) is 0 Å². The molecule has 0 saturated heterocycles. The van der Waals surface area contributed by atoms with Crippen LogP contribution in [0.2, 0.25) is 0 Å². The van der Waals surface area contributed by atoms with Crippen molar-refractivity contribution in [2.24, 2.45) is 0 Å². The second kappa shape index (κ2) is 6.56. The number of benzene rings is 1. The van der Waals surface area contributed by atoms with Gasteiger partial charge in [-0.25, -0.2) is 9.97 Å². The molecule has 1 amide bonds. The lowest BCUT2D eigenvalue weighted by Gasteiger charge is -2.16.